The van der Waals surface area contributed by atoms with Crippen LogP contribution in [-0.2, 0) is 4.79 Å². The molecule has 302 valence electrons. The normalized spacial score (nSPS) is 13.5. The zero-order valence-corrected chi connectivity index (χ0v) is 34.6. The molecule has 0 heterocycles. The van der Waals surface area contributed by atoms with Crippen molar-refractivity contribution in [1.29, 1.82) is 0 Å². The molecule has 52 heavy (non-hydrogen) atoms. The van der Waals surface area contributed by atoms with E-state index in [1.54, 1.807) is 6.08 Å². The molecule has 0 bridgehead atoms. The minimum atomic E-state index is -0.873. The van der Waals surface area contributed by atoms with Gasteiger partial charge in [-0.25, -0.2) is 0 Å². The van der Waals surface area contributed by atoms with Crippen molar-refractivity contribution in [2.75, 3.05) is 6.61 Å². The second-order valence-corrected chi connectivity index (χ2v) is 15.1. The third kappa shape index (κ3) is 39.3. The van der Waals surface area contributed by atoms with Gasteiger partial charge in [-0.05, 0) is 77.0 Å². The lowest BCUT2D eigenvalue weighted by Gasteiger charge is -2.19. The number of rotatable bonds is 40. The average molecular weight is 726 g/mol. The topological polar surface area (TPSA) is 69.6 Å². The summed E-state index contributed by atoms with van der Waals surface area (Å²) >= 11 is 0. The van der Waals surface area contributed by atoms with Crippen LogP contribution in [0.3, 0.4) is 0 Å². The Bertz CT molecular complexity index is 873. The third-order valence-electron chi connectivity index (χ3n) is 9.95. The van der Waals surface area contributed by atoms with Crippen LogP contribution in [0.2, 0.25) is 0 Å². The van der Waals surface area contributed by atoms with E-state index in [0.29, 0.717) is 6.42 Å². The van der Waals surface area contributed by atoms with Crippen LogP contribution in [0.1, 0.15) is 219 Å². The fourth-order valence-corrected chi connectivity index (χ4v) is 6.47. The summed E-state index contributed by atoms with van der Waals surface area (Å²) in [6, 6.07) is -0.649. The second-order valence-electron chi connectivity index (χ2n) is 15.1. The molecule has 0 rings (SSSR count). The Morgan fingerprint density at radius 1 is 0.462 bits per heavy atom. The van der Waals surface area contributed by atoms with Crippen molar-refractivity contribution in [3.05, 3.63) is 60.8 Å². The molecule has 0 aromatic heterocycles. The van der Waals surface area contributed by atoms with Gasteiger partial charge in [0.15, 0.2) is 0 Å². The maximum absolute atomic E-state index is 12.4. The van der Waals surface area contributed by atoms with Crippen LogP contribution in [-0.4, -0.2) is 34.9 Å². The maximum atomic E-state index is 12.4. The number of hydrogen-bond donors (Lipinski definition) is 3. The highest BCUT2D eigenvalue weighted by Gasteiger charge is 2.17. The molecular weight excluding hydrogens is 639 g/mol. The van der Waals surface area contributed by atoms with E-state index in [0.717, 1.165) is 44.9 Å². The lowest BCUT2D eigenvalue weighted by Crippen LogP contribution is -2.45. The summed E-state index contributed by atoms with van der Waals surface area (Å²) in [5.41, 5.74) is 0. The van der Waals surface area contributed by atoms with Gasteiger partial charge in [-0.2, -0.15) is 0 Å². The maximum Gasteiger partial charge on any atom is 0.220 e. The first-order chi connectivity index (χ1) is 25.7. The lowest BCUT2D eigenvalue weighted by atomic mass is 10.1. The first-order valence-corrected chi connectivity index (χ1v) is 22.5. The molecule has 0 aromatic carbocycles. The third-order valence-corrected chi connectivity index (χ3v) is 9.95. The van der Waals surface area contributed by atoms with E-state index in [-0.39, 0.29) is 12.5 Å². The molecule has 3 N–H and O–H groups in total. The van der Waals surface area contributed by atoms with E-state index in [1.807, 2.05) is 6.08 Å². The molecule has 4 heteroatoms. The number of amides is 1. The second kappa shape index (κ2) is 43.5. The van der Waals surface area contributed by atoms with Gasteiger partial charge in [0.05, 0.1) is 18.8 Å². The van der Waals surface area contributed by atoms with Crippen LogP contribution in [0.15, 0.2) is 60.8 Å². The standard InChI is InChI=1S/C48H87NO3/c1-3-5-7-9-11-13-15-17-19-21-23-24-26-27-29-31-33-35-37-39-41-43-47(51)46(45-50)49-48(52)44-42-40-38-36-34-32-30-28-25-22-20-18-16-14-12-10-8-6-4-2/h12,14,18,20,26-27,33,35,41,43,46-47,50-51H,3-11,13,15-17,19,21-25,28-32,34,36-40,42,44-45H2,1-2H3,(H,49,52)/b14-12-,20-18-,27-26+,35-33+,43-41+. The highest BCUT2D eigenvalue weighted by atomic mass is 16.3. The molecular formula is C48H87NO3. The van der Waals surface area contributed by atoms with Crippen molar-refractivity contribution in [3.63, 3.8) is 0 Å². The molecule has 0 aliphatic rings. The molecule has 0 aliphatic carbocycles. The molecule has 1 amide bonds. The molecule has 4 nitrogen and oxygen atoms in total. The van der Waals surface area contributed by atoms with E-state index < -0.39 is 12.1 Å². The van der Waals surface area contributed by atoms with Crippen LogP contribution in [0.5, 0.6) is 0 Å². The van der Waals surface area contributed by atoms with Gasteiger partial charge in [0.2, 0.25) is 5.91 Å². The van der Waals surface area contributed by atoms with Gasteiger partial charge >= 0.3 is 0 Å². The average Bonchev–Trinajstić information content (AvgIpc) is 3.15. The zero-order chi connectivity index (χ0) is 37.8. The van der Waals surface area contributed by atoms with Crippen molar-refractivity contribution in [1.82, 2.24) is 5.32 Å². The summed E-state index contributed by atoms with van der Waals surface area (Å²) in [5.74, 6) is -0.0840. The van der Waals surface area contributed by atoms with Gasteiger partial charge in [-0.15, -0.1) is 0 Å². The number of allylic oxidation sites excluding steroid dienone is 9. The quantitative estimate of drug-likeness (QED) is 0.0435. The minimum absolute atomic E-state index is 0.0840. The molecule has 0 saturated heterocycles. The van der Waals surface area contributed by atoms with Crippen molar-refractivity contribution >= 4 is 5.91 Å². The van der Waals surface area contributed by atoms with Crippen LogP contribution in [0.4, 0.5) is 0 Å². The Hall–Kier alpha value is -1.91. The number of unbranched alkanes of at least 4 members (excludes halogenated alkanes) is 25. The van der Waals surface area contributed by atoms with Gasteiger partial charge in [0.1, 0.15) is 0 Å². The van der Waals surface area contributed by atoms with Crippen LogP contribution >= 0.6 is 0 Å². The highest BCUT2D eigenvalue weighted by Crippen LogP contribution is 2.14. The van der Waals surface area contributed by atoms with Crippen molar-refractivity contribution in [2.45, 2.75) is 231 Å². The molecule has 0 radical (unpaired) electrons. The molecule has 0 spiro atoms. The predicted molar refractivity (Wildman–Crippen MR) is 230 cm³/mol. The summed E-state index contributed by atoms with van der Waals surface area (Å²) in [4.78, 5) is 12.4. The Balaban J connectivity index is 3.66. The minimum Gasteiger partial charge on any atom is -0.394 e. The summed E-state index contributed by atoms with van der Waals surface area (Å²) < 4.78 is 0. The number of hydrogen-bond acceptors (Lipinski definition) is 3. The van der Waals surface area contributed by atoms with Gasteiger partial charge in [0.25, 0.3) is 0 Å². The van der Waals surface area contributed by atoms with Crippen LogP contribution in [0.25, 0.3) is 0 Å². The van der Waals surface area contributed by atoms with Crippen molar-refractivity contribution in [2.24, 2.45) is 0 Å². The summed E-state index contributed by atoms with van der Waals surface area (Å²) in [7, 11) is 0. The van der Waals surface area contributed by atoms with Crippen molar-refractivity contribution in [3.8, 4) is 0 Å². The van der Waals surface area contributed by atoms with Gasteiger partial charge in [0, 0.05) is 6.42 Å². The van der Waals surface area contributed by atoms with E-state index in [2.05, 4.69) is 67.8 Å². The smallest absolute Gasteiger partial charge is 0.220 e. The van der Waals surface area contributed by atoms with E-state index in [9.17, 15) is 15.0 Å². The monoisotopic (exact) mass is 726 g/mol. The van der Waals surface area contributed by atoms with E-state index in [4.69, 9.17) is 0 Å². The Morgan fingerprint density at radius 2 is 0.808 bits per heavy atom. The first-order valence-electron chi connectivity index (χ1n) is 22.5. The van der Waals surface area contributed by atoms with Crippen LogP contribution < -0.4 is 5.32 Å². The summed E-state index contributed by atoms with van der Waals surface area (Å²) in [6.07, 6.45) is 60.4. The van der Waals surface area contributed by atoms with Gasteiger partial charge in [-0.3, -0.25) is 4.79 Å². The Labute approximate surface area is 324 Å². The summed E-state index contributed by atoms with van der Waals surface area (Å²) in [5, 5.41) is 23.0. The Kier molecular flexibility index (Phi) is 41.9. The van der Waals surface area contributed by atoms with E-state index in [1.165, 1.54) is 154 Å². The van der Waals surface area contributed by atoms with Gasteiger partial charge in [-0.1, -0.05) is 197 Å². The van der Waals surface area contributed by atoms with Gasteiger partial charge < -0.3 is 15.5 Å². The SMILES string of the molecule is CCCCC/C=C\C/C=C\CCCCCCCCCCCC(=O)NC(CO)C(O)/C=C/CC/C=C/CC/C=C/CCCCCCCCCCCCC. The number of nitrogens with one attached hydrogen (secondary N) is 1. The lowest BCUT2D eigenvalue weighted by molar-refractivity contribution is -0.123. The number of carbonyl (C=O) groups is 1. The molecule has 2 unspecified atom stereocenters. The fourth-order valence-electron chi connectivity index (χ4n) is 6.47. The summed E-state index contributed by atoms with van der Waals surface area (Å²) in [6.45, 7) is 4.27. The largest absolute Gasteiger partial charge is 0.394 e. The Morgan fingerprint density at radius 3 is 1.27 bits per heavy atom. The fraction of sp³-hybridized carbons (Fsp3) is 0.771. The van der Waals surface area contributed by atoms with Crippen molar-refractivity contribution < 1.29 is 15.0 Å². The number of aliphatic hydroxyl groups is 2. The molecule has 0 aliphatic heterocycles. The predicted octanol–water partition coefficient (Wildman–Crippen LogP) is 14.1. The molecule has 0 saturated carbocycles. The zero-order valence-electron chi connectivity index (χ0n) is 34.6. The molecule has 0 fully saturated rings. The highest BCUT2D eigenvalue weighted by molar-refractivity contribution is 5.76. The van der Waals surface area contributed by atoms with Crippen LogP contribution in [0, 0.1) is 0 Å². The van der Waals surface area contributed by atoms with E-state index >= 15 is 0 Å². The number of carbonyl (C=O) groups excluding carboxylic acids is 1. The first kappa shape index (κ1) is 50.1. The number of aliphatic hydroxyl groups excluding tert-OH is 2. The molecule has 2 atom stereocenters. The molecule has 0 aromatic rings.